The molecular formula is C8H12N2O. The molecular weight excluding hydrogens is 140 g/mol. The summed E-state index contributed by atoms with van der Waals surface area (Å²) in [7, 11) is 0. The molecule has 0 spiro atoms. The number of hydrogen-bond acceptors (Lipinski definition) is 2. The quantitative estimate of drug-likeness (QED) is 0.519. The van der Waals surface area contributed by atoms with Crippen LogP contribution in [0.15, 0.2) is 11.8 Å². The van der Waals surface area contributed by atoms with Crippen molar-refractivity contribution in [3.05, 3.63) is 11.8 Å². The van der Waals surface area contributed by atoms with Crippen LogP contribution in [0.5, 0.6) is 0 Å². The number of amides is 1. The molecule has 1 heterocycles. The summed E-state index contributed by atoms with van der Waals surface area (Å²) in [5, 5.41) is 5.88. The van der Waals surface area contributed by atoms with Crippen molar-refractivity contribution in [2.75, 3.05) is 13.1 Å². The van der Waals surface area contributed by atoms with Crippen molar-refractivity contribution < 1.29 is 4.79 Å². The third kappa shape index (κ3) is 1.53. The first-order valence-electron chi connectivity index (χ1n) is 4.10. The van der Waals surface area contributed by atoms with E-state index in [1.165, 1.54) is 12.8 Å². The number of piperazine rings is 1. The molecule has 0 aromatic carbocycles. The normalized spacial score (nSPS) is 28.0. The monoisotopic (exact) mass is 152 g/mol. The molecule has 11 heavy (non-hydrogen) atoms. The van der Waals surface area contributed by atoms with Crippen molar-refractivity contribution in [2.24, 2.45) is 5.92 Å². The molecule has 1 saturated carbocycles. The van der Waals surface area contributed by atoms with Crippen LogP contribution >= 0.6 is 0 Å². The highest BCUT2D eigenvalue weighted by Crippen LogP contribution is 2.31. The Labute approximate surface area is 65.9 Å². The summed E-state index contributed by atoms with van der Waals surface area (Å²) in [6.45, 7) is 1.62. The molecule has 0 aromatic heterocycles. The van der Waals surface area contributed by atoms with Crippen LogP contribution in [0.1, 0.15) is 12.8 Å². The Kier molecular flexibility index (Phi) is 1.56. The molecule has 60 valence electrons. The van der Waals surface area contributed by atoms with Crippen LogP contribution in [0, 0.1) is 5.92 Å². The lowest BCUT2D eigenvalue weighted by Gasteiger charge is -2.16. The number of carbonyl (C=O) groups excluding carboxylic acids is 1. The van der Waals surface area contributed by atoms with Crippen LogP contribution in [0.4, 0.5) is 0 Å². The predicted molar refractivity (Wildman–Crippen MR) is 41.8 cm³/mol. The van der Waals surface area contributed by atoms with Crippen LogP contribution in [-0.2, 0) is 4.79 Å². The third-order valence-electron chi connectivity index (χ3n) is 2.00. The Balaban J connectivity index is 2.03. The van der Waals surface area contributed by atoms with E-state index in [4.69, 9.17) is 0 Å². The summed E-state index contributed by atoms with van der Waals surface area (Å²) in [6, 6.07) is 0. The molecule has 3 heteroatoms. The zero-order valence-corrected chi connectivity index (χ0v) is 6.39. The minimum Gasteiger partial charge on any atom is -0.379 e. The summed E-state index contributed by atoms with van der Waals surface area (Å²) >= 11 is 0. The molecule has 2 N–H and O–H groups in total. The minimum atomic E-state index is 0.0585. The molecule has 0 bridgehead atoms. The van der Waals surface area contributed by atoms with Gasteiger partial charge in [0.05, 0.1) is 5.70 Å². The minimum absolute atomic E-state index is 0.0585. The zero-order chi connectivity index (χ0) is 7.68. The maximum atomic E-state index is 11.1. The van der Waals surface area contributed by atoms with Crippen LogP contribution < -0.4 is 10.6 Å². The average Bonchev–Trinajstić information content (AvgIpc) is 2.78. The molecule has 2 fully saturated rings. The molecule has 2 rings (SSSR count). The molecule has 1 amide bonds. The fourth-order valence-corrected chi connectivity index (χ4v) is 1.18. The molecule has 1 saturated heterocycles. The van der Waals surface area contributed by atoms with Gasteiger partial charge < -0.3 is 10.6 Å². The number of nitrogens with one attached hydrogen (secondary N) is 2. The van der Waals surface area contributed by atoms with Gasteiger partial charge >= 0.3 is 0 Å². The van der Waals surface area contributed by atoms with Gasteiger partial charge in [-0.15, -0.1) is 0 Å². The number of rotatable bonds is 1. The van der Waals surface area contributed by atoms with E-state index in [0.717, 1.165) is 18.8 Å². The Morgan fingerprint density at radius 3 is 2.64 bits per heavy atom. The smallest absolute Gasteiger partial charge is 0.267 e. The van der Waals surface area contributed by atoms with Crippen molar-refractivity contribution in [1.29, 1.82) is 0 Å². The fourth-order valence-electron chi connectivity index (χ4n) is 1.18. The summed E-state index contributed by atoms with van der Waals surface area (Å²) < 4.78 is 0. The van der Waals surface area contributed by atoms with E-state index < -0.39 is 0 Å². The lowest BCUT2D eigenvalue weighted by molar-refractivity contribution is -0.118. The highest BCUT2D eigenvalue weighted by molar-refractivity contribution is 5.93. The highest BCUT2D eigenvalue weighted by atomic mass is 16.2. The molecule has 2 aliphatic rings. The van der Waals surface area contributed by atoms with Gasteiger partial charge in [0.1, 0.15) is 0 Å². The second kappa shape index (κ2) is 2.57. The van der Waals surface area contributed by atoms with Gasteiger partial charge in [-0.05, 0) is 18.8 Å². The van der Waals surface area contributed by atoms with Crippen LogP contribution in [0.3, 0.4) is 0 Å². The first-order chi connectivity index (χ1) is 5.36. The SMILES string of the molecule is O=C1NCCN/C1=C\C1CC1. The maximum Gasteiger partial charge on any atom is 0.267 e. The predicted octanol–water partition coefficient (Wildman–Crippen LogP) is -0.000300. The first-order valence-corrected chi connectivity index (χ1v) is 4.10. The Morgan fingerprint density at radius 2 is 2.00 bits per heavy atom. The van der Waals surface area contributed by atoms with E-state index in [1.807, 2.05) is 0 Å². The number of allylic oxidation sites excluding steroid dienone is 1. The Morgan fingerprint density at radius 1 is 1.27 bits per heavy atom. The molecule has 0 unspecified atom stereocenters. The van der Waals surface area contributed by atoms with E-state index in [2.05, 4.69) is 16.7 Å². The summed E-state index contributed by atoms with van der Waals surface area (Å²) in [4.78, 5) is 11.1. The molecule has 0 aromatic rings. The largest absolute Gasteiger partial charge is 0.379 e. The van der Waals surface area contributed by atoms with Gasteiger partial charge in [-0.25, -0.2) is 0 Å². The Hall–Kier alpha value is -0.990. The van der Waals surface area contributed by atoms with Crippen LogP contribution in [0.2, 0.25) is 0 Å². The van der Waals surface area contributed by atoms with Gasteiger partial charge in [-0.2, -0.15) is 0 Å². The van der Waals surface area contributed by atoms with E-state index in [1.54, 1.807) is 0 Å². The van der Waals surface area contributed by atoms with Crippen molar-refractivity contribution in [2.45, 2.75) is 12.8 Å². The molecule has 0 radical (unpaired) electrons. The summed E-state index contributed by atoms with van der Waals surface area (Å²) in [5.74, 6) is 0.726. The number of carbonyl (C=O) groups is 1. The number of hydrogen-bond donors (Lipinski definition) is 2. The first kappa shape index (κ1) is 6.70. The molecule has 1 aliphatic heterocycles. The molecule has 1 aliphatic carbocycles. The summed E-state index contributed by atoms with van der Waals surface area (Å²) in [5.41, 5.74) is 0.777. The van der Waals surface area contributed by atoms with Gasteiger partial charge in [0.15, 0.2) is 0 Å². The van der Waals surface area contributed by atoms with Gasteiger partial charge in [0.25, 0.3) is 5.91 Å². The topological polar surface area (TPSA) is 41.1 Å². The second-order valence-electron chi connectivity index (χ2n) is 3.10. The van der Waals surface area contributed by atoms with Gasteiger partial charge in [-0.3, -0.25) is 4.79 Å². The van der Waals surface area contributed by atoms with Gasteiger partial charge in [0.2, 0.25) is 0 Å². The lowest BCUT2D eigenvalue weighted by atomic mass is 10.2. The van der Waals surface area contributed by atoms with Gasteiger partial charge in [0, 0.05) is 13.1 Å². The molecule has 0 atom stereocenters. The van der Waals surface area contributed by atoms with Crippen molar-refractivity contribution in [1.82, 2.24) is 10.6 Å². The van der Waals surface area contributed by atoms with Crippen LogP contribution in [0.25, 0.3) is 0 Å². The van der Waals surface area contributed by atoms with Crippen molar-refractivity contribution in [3.8, 4) is 0 Å². The summed E-state index contributed by atoms with van der Waals surface area (Å²) in [6.07, 6.45) is 4.55. The fraction of sp³-hybridized carbons (Fsp3) is 0.625. The second-order valence-corrected chi connectivity index (χ2v) is 3.10. The lowest BCUT2D eigenvalue weighted by Crippen LogP contribution is -2.42. The zero-order valence-electron chi connectivity index (χ0n) is 6.39. The maximum absolute atomic E-state index is 11.1. The average molecular weight is 152 g/mol. The highest BCUT2D eigenvalue weighted by Gasteiger charge is 2.22. The van der Waals surface area contributed by atoms with Crippen LogP contribution in [-0.4, -0.2) is 19.0 Å². The Bertz CT molecular complexity index is 206. The van der Waals surface area contributed by atoms with E-state index in [0.29, 0.717) is 5.92 Å². The van der Waals surface area contributed by atoms with Crippen molar-refractivity contribution >= 4 is 5.91 Å². The van der Waals surface area contributed by atoms with Crippen molar-refractivity contribution in [3.63, 3.8) is 0 Å². The van der Waals surface area contributed by atoms with E-state index in [-0.39, 0.29) is 5.91 Å². The van der Waals surface area contributed by atoms with Gasteiger partial charge in [-0.1, -0.05) is 6.08 Å². The molecule has 3 nitrogen and oxygen atoms in total. The third-order valence-corrected chi connectivity index (χ3v) is 2.00. The van der Waals surface area contributed by atoms with E-state index in [9.17, 15) is 4.79 Å². The standard InChI is InChI=1S/C8H12N2O/c11-8-7(5-6-1-2-6)9-3-4-10-8/h5-6,9H,1-4H2,(H,10,11)/b7-5-. The van der Waals surface area contributed by atoms with E-state index >= 15 is 0 Å².